The molecule has 240 valence electrons. The Morgan fingerprint density at radius 2 is 1.22 bits per heavy atom. The van der Waals surface area contributed by atoms with E-state index < -0.39 is 0 Å². The van der Waals surface area contributed by atoms with Crippen LogP contribution >= 0.6 is 0 Å². The highest BCUT2D eigenvalue weighted by Crippen LogP contribution is 2.39. The minimum Gasteiger partial charge on any atom is -0.294 e. The Hall–Kier alpha value is -6.26. The monoisotopic (exact) mass is 645 g/mol. The van der Waals surface area contributed by atoms with Crippen LogP contribution in [0.4, 0.5) is 0 Å². The molecule has 0 unspecified atom stereocenters. The van der Waals surface area contributed by atoms with Crippen molar-refractivity contribution in [3.05, 3.63) is 181 Å². The van der Waals surface area contributed by atoms with Crippen LogP contribution in [0.25, 0.3) is 66.6 Å². The van der Waals surface area contributed by atoms with E-state index in [1.165, 1.54) is 49.6 Å². The predicted molar refractivity (Wildman–Crippen MR) is 206 cm³/mol. The average molecular weight is 646 g/mol. The van der Waals surface area contributed by atoms with Crippen molar-refractivity contribution in [1.29, 1.82) is 0 Å². The van der Waals surface area contributed by atoms with Gasteiger partial charge < -0.3 is 0 Å². The van der Waals surface area contributed by atoms with Gasteiger partial charge in [0, 0.05) is 22.4 Å². The van der Waals surface area contributed by atoms with E-state index >= 15 is 0 Å². The zero-order valence-electron chi connectivity index (χ0n) is 28.5. The second-order valence-corrected chi connectivity index (χ2v) is 13.7. The molecule has 3 heterocycles. The van der Waals surface area contributed by atoms with Crippen molar-refractivity contribution >= 4 is 32.8 Å². The number of pyridine rings is 1. The summed E-state index contributed by atoms with van der Waals surface area (Å²) in [5, 5.41) is 2.44. The Kier molecular flexibility index (Phi) is 6.99. The van der Waals surface area contributed by atoms with Crippen molar-refractivity contribution in [1.82, 2.24) is 14.1 Å². The van der Waals surface area contributed by atoms with Crippen LogP contribution in [0.3, 0.4) is 0 Å². The van der Waals surface area contributed by atoms with E-state index in [-0.39, 0.29) is 5.41 Å². The van der Waals surface area contributed by atoms with Crippen LogP contribution in [0.5, 0.6) is 0 Å². The normalized spacial score (nSPS) is 11.9. The van der Waals surface area contributed by atoms with Gasteiger partial charge >= 0.3 is 0 Å². The van der Waals surface area contributed by atoms with Crippen molar-refractivity contribution in [3.63, 3.8) is 0 Å². The van der Waals surface area contributed by atoms with Gasteiger partial charge in [-0.05, 0) is 81.9 Å². The molecule has 0 aliphatic rings. The summed E-state index contributed by atoms with van der Waals surface area (Å²) < 4.78 is 6.80. The van der Waals surface area contributed by atoms with Gasteiger partial charge in [0.05, 0.1) is 18.1 Å². The molecule has 0 fully saturated rings. The molecule has 0 N–H and O–H groups in total. The molecule has 0 spiro atoms. The first-order valence-electron chi connectivity index (χ1n) is 17.2. The van der Waals surface area contributed by atoms with E-state index in [1.807, 2.05) is 6.20 Å². The van der Waals surface area contributed by atoms with Crippen molar-refractivity contribution in [2.75, 3.05) is 0 Å². The van der Waals surface area contributed by atoms with Crippen molar-refractivity contribution in [3.8, 4) is 33.8 Å². The van der Waals surface area contributed by atoms with E-state index in [0.717, 1.165) is 28.1 Å². The molecule has 0 bridgehead atoms. The Bertz CT molecular complexity index is 2690. The SMILES string of the molecule is C[n+]1cn(-c2cccc(C(C)(C)c3ccc4c5ccccc5n(-c5cc(-c6ccccc6-c6ccccc6)ccn5)c4c3)c2)c2ccccc21. The summed E-state index contributed by atoms with van der Waals surface area (Å²) in [4.78, 5) is 4.99. The lowest BCUT2D eigenvalue weighted by Gasteiger charge is -2.26. The second kappa shape index (κ2) is 11.7. The molecule has 0 saturated heterocycles. The van der Waals surface area contributed by atoms with E-state index in [1.54, 1.807) is 0 Å². The molecule has 4 heteroatoms. The minimum atomic E-state index is -0.263. The number of aryl methyl sites for hydroxylation is 1. The lowest BCUT2D eigenvalue weighted by molar-refractivity contribution is -0.645. The van der Waals surface area contributed by atoms with Crippen LogP contribution in [0, 0.1) is 0 Å². The molecule has 0 aliphatic carbocycles. The summed E-state index contributed by atoms with van der Waals surface area (Å²) >= 11 is 0. The van der Waals surface area contributed by atoms with Gasteiger partial charge in [-0.15, -0.1) is 0 Å². The molecule has 9 rings (SSSR count). The van der Waals surface area contributed by atoms with Crippen LogP contribution in [-0.4, -0.2) is 14.1 Å². The lowest BCUT2D eigenvalue weighted by Crippen LogP contribution is -2.25. The van der Waals surface area contributed by atoms with Crippen LogP contribution in [-0.2, 0) is 12.5 Å². The smallest absolute Gasteiger partial charge is 0.249 e. The standard InChI is InChI=1S/C46H37N4/c1-46(2,34-16-13-17-36(29-34)49-31-48(3)42-22-11-12-23-43(42)49)35-24-25-40-39-20-9-10-21-41(39)50(44(40)30-35)45-28-33(26-27-47-45)38-19-8-7-18-37(38)32-14-5-4-6-15-32/h4-31H,1-3H3/q+1. The predicted octanol–water partition coefficient (Wildman–Crippen LogP) is 10.6. The van der Waals surface area contributed by atoms with Crippen LogP contribution in [0.1, 0.15) is 25.0 Å². The third-order valence-corrected chi connectivity index (χ3v) is 10.3. The minimum absolute atomic E-state index is 0.263. The molecule has 3 aromatic heterocycles. The van der Waals surface area contributed by atoms with Crippen molar-refractivity contribution < 1.29 is 4.57 Å². The summed E-state index contributed by atoms with van der Waals surface area (Å²) in [7, 11) is 2.10. The van der Waals surface area contributed by atoms with E-state index in [9.17, 15) is 0 Å². The Labute approximate surface area is 292 Å². The molecule has 0 aliphatic heterocycles. The summed E-state index contributed by atoms with van der Waals surface area (Å²) in [5.41, 5.74) is 12.8. The Morgan fingerprint density at radius 3 is 2.06 bits per heavy atom. The summed E-state index contributed by atoms with van der Waals surface area (Å²) in [6, 6.07) is 56.8. The Balaban J connectivity index is 1.18. The second-order valence-electron chi connectivity index (χ2n) is 13.7. The maximum atomic E-state index is 4.99. The van der Waals surface area contributed by atoms with Crippen LogP contribution in [0.2, 0.25) is 0 Å². The van der Waals surface area contributed by atoms with Gasteiger partial charge in [0.2, 0.25) is 6.33 Å². The van der Waals surface area contributed by atoms with Crippen LogP contribution < -0.4 is 4.57 Å². The lowest BCUT2D eigenvalue weighted by atomic mass is 9.77. The first-order valence-corrected chi connectivity index (χ1v) is 17.2. The maximum Gasteiger partial charge on any atom is 0.249 e. The molecule has 0 saturated carbocycles. The highest BCUT2D eigenvalue weighted by Gasteiger charge is 2.26. The molecule has 50 heavy (non-hydrogen) atoms. The number of fused-ring (bicyclic) bond motifs is 4. The van der Waals surface area contributed by atoms with E-state index in [0.29, 0.717) is 0 Å². The van der Waals surface area contributed by atoms with Gasteiger partial charge in [-0.1, -0.05) is 123 Å². The molecule has 0 atom stereocenters. The molecule has 6 aromatic carbocycles. The van der Waals surface area contributed by atoms with Gasteiger partial charge in [-0.2, -0.15) is 4.57 Å². The first-order chi connectivity index (χ1) is 24.5. The third-order valence-electron chi connectivity index (χ3n) is 10.3. The largest absolute Gasteiger partial charge is 0.294 e. The highest BCUT2D eigenvalue weighted by atomic mass is 15.1. The topological polar surface area (TPSA) is 26.6 Å². The number of para-hydroxylation sites is 3. The number of hydrogen-bond acceptors (Lipinski definition) is 1. The van der Waals surface area contributed by atoms with Gasteiger partial charge in [-0.3, -0.25) is 4.57 Å². The molecular weight excluding hydrogens is 609 g/mol. The fraction of sp³-hybridized carbons (Fsp3) is 0.0870. The van der Waals surface area contributed by atoms with Gasteiger partial charge in [-0.25, -0.2) is 9.55 Å². The zero-order valence-corrected chi connectivity index (χ0v) is 28.5. The number of hydrogen-bond donors (Lipinski definition) is 0. The van der Waals surface area contributed by atoms with E-state index in [2.05, 4.69) is 199 Å². The number of imidazole rings is 1. The zero-order chi connectivity index (χ0) is 33.8. The van der Waals surface area contributed by atoms with Crippen LogP contribution in [0.15, 0.2) is 170 Å². The number of aromatic nitrogens is 4. The number of rotatable bonds is 6. The fourth-order valence-corrected chi connectivity index (χ4v) is 7.60. The average Bonchev–Trinajstić information content (AvgIpc) is 3.69. The maximum absolute atomic E-state index is 4.99. The summed E-state index contributed by atoms with van der Waals surface area (Å²) in [5.74, 6) is 0.904. The van der Waals surface area contributed by atoms with Crippen molar-refractivity contribution in [2.24, 2.45) is 7.05 Å². The molecule has 4 nitrogen and oxygen atoms in total. The summed E-state index contributed by atoms with van der Waals surface area (Å²) in [6.07, 6.45) is 4.11. The third kappa shape index (κ3) is 4.83. The number of benzene rings is 6. The number of nitrogens with zero attached hydrogens (tertiary/aromatic N) is 4. The van der Waals surface area contributed by atoms with Gasteiger partial charge in [0.15, 0.2) is 11.0 Å². The molecule has 0 amide bonds. The molecule has 0 radical (unpaired) electrons. The van der Waals surface area contributed by atoms with Crippen molar-refractivity contribution in [2.45, 2.75) is 19.3 Å². The van der Waals surface area contributed by atoms with Gasteiger partial charge in [0.1, 0.15) is 11.5 Å². The van der Waals surface area contributed by atoms with E-state index in [4.69, 9.17) is 4.98 Å². The fourth-order valence-electron chi connectivity index (χ4n) is 7.60. The highest BCUT2D eigenvalue weighted by molar-refractivity contribution is 6.09. The molecule has 9 aromatic rings. The quantitative estimate of drug-likeness (QED) is 0.165. The Morgan fingerprint density at radius 1 is 0.540 bits per heavy atom. The van der Waals surface area contributed by atoms with Gasteiger partial charge in [0.25, 0.3) is 0 Å². The summed E-state index contributed by atoms with van der Waals surface area (Å²) in [6.45, 7) is 4.65. The molecular formula is C46H37N4+. The first kappa shape index (κ1) is 29.8.